The highest BCUT2D eigenvalue weighted by atomic mass is 16.2. The molecule has 0 aliphatic heterocycles. The first-order valence-corrected chi connectivity index (χ1v) is 8.45. The Balaban J connectivity index is 1.82. The van der Waals surface area contributed by atoms with Crippen LogP contribution in [0.5, 0.6) is 0 Å². The van der Waals surface area contributed by atoms with Gasteiger partial charge in [0.1, 0.15) is 5.82 Å². The minimum atomic E-state index is -0.291. The SMILES string of the molecule is Cc1cc(/C=N\NC(=O)c2cccnc2)c(C)n1-c1ccnn1C(C)C. The molecule has 1 amide bonds. The second kappa shape index (κ2) is 7.35. The van der Waals surface area contributed by atoms with Gasteiger partial charge in [-0.3, -0.25) is 9.78 Å². The van der Waals surface area contributed by atoms with Gasteiger partial charge in [0, 0.05) is 41.5 Å². The van der Waals surface area contributed by atoms with Crippen LogP contribution in [0.2, 0.25) is 0 Å². The number of aromatic nitrogens is 4. The molecule has 0 bridgehead atoms. The summed E-state index contributed by atoms with van der Waals surface area (Å²) in [6, 6.07) is 7.69. The average Bonchev–Trinajstić information content (AvgIpc) is 3.20. The number of carbonyl (C=O) groups is 1. The Bertz CT molecular complexity index is 936. The highest BCUT2D eigenvalue weighted by Crippen LogP contribution is 2.21. The fourth-order valence-electron chi connectivity index (χ4n) is 2.88. The molecule has 3 aromatic heterocycles. The Kier molecular flexibility index (Phi) is 4.97. The summed E-state index contributed by atoms with van der Waals surface area (Å²) in [6.45, 7) is 8.26. The van der Waals surface area contributed by atoms with Gasteiger partial charge in [-0.1, -0.05) is 0 Å². The number of rotatable bonds is 5. The standard InChI is InChI=1S/C19H22N6O/c1-13(2)25-18(7-9-22-25)24-14(3)10-17(15(24)4)12-21-23-19(26)16-6-5-8-20-11-16/h5-13H,1-4H3,(H,23,26)/b21-12-. The number of amides is 1. The smallest absolute Gasteiger partial charge is 0.272 e. The van der Waals surface area contributed by atoms with Crippen molar-refractivity contribution < 1.29 is 4.79 Å². The third kappa shape index (κ3) is 3.42. The molecule has 0 saturated carbocycles. The van der Waals surface area contributed by atoms with E-state index in [0.717, 1.165) is 22.8 Å². The molecule has 26 heavy (non-hydrogen) atoms. The number of hydrazone groups is 1. The third-order valence-corrected chi connectivity index (χ3v) is 4.13. The van der Waals surface area contributed by atoms with Gasteiger partial charge in [0.25, 0.3) is 5.91 Å². The lowest BCUT2D eigenvalue weighted by molar-refractivity contribution is 0.0955. The van der Waals surface area contributed by atoms with Crippen LogP contribution in [0.1, 0.15) is 47.2 Å². The molecular weight excluding hydrogens is 328 g/mol. The maximum atomic E-state index is 12.0. The molecule has 0 unspecified atom stereocenters. The van der Waals surface area contributed by atoms with Crippen molar-refractivity contribution in [1.82, 2.24) is 24.8 Å². The van der Waals surface area contributed by atoms with Crippen LogP contribution in [0, 0.1) is 13.8 Å². The molecule has 3 heterocycles. The summed E-state index contributed by atoms with van der Waals surface area (Å²) in [5.41, 5.74) is 6.04. The van der Waals surface area contributed by atoms with Crippen LogP contribution in [-0.2, 0) is 0 Å². The Hall–Kier alpha value is -3.22. The van der Waals surface area contributed by atoms with Crippen LogP contribution in [0.25, 0.3) is 5.82 Å². The van der Waals surface area contributed by atoms with Crippen molar-refractivity contribution in [1.29, 1.82) is 0 Å². The van der Waals surface area contributed by atoms with Gasteiger partial charge in [-0.2, -0.15) is 10.2 Å². The predicted octanol–water partition coefficient (Wildman–Crippen LogP) is 3.03. The maximum absolute atomic E-state index is 12.0. The van der Waals surface area contributed by atoms with Gasteiger partial charge in [-0.25, -0.2) is 10.1 Å². The van der Waals surface area contributed by atoms with Gasteiger partial charge in [0.2, 0.25) is 0 Å². The number of pyridine rings is 1. The number of hydrogen-bond acceptors (Lipinski definition) is 4. The van der Waals surface area contributed by atoms with E-state index in [1.807, 2.05) is 30.7 Å². The molecule has 0 aliphatic rings. The van der Waals surface area contributed by atoms with Gasteiger partial charge in [0.05, 0.1) is 18.0 Å². The summed E-state index contributed by atoms with van der Waals surface area (Å²) in [5.74, 6) is 0.718. The van der Waals surface area contributed by atoms with E-state index in [0.29, 0.717) is 5.56 Å². The fourth-order valence-corrected chi connectivity index (χ4v) is 2.88. The van der Waals surface area contributed by atoms with Crippen LogP contribution in [0.3, 0.4) is 0 Å². The van der Waals surface area contributed by atoms with Gasteiger partial charge in [-0.15, -0.1) is 0 Å². The normalized spacial score (nSPS) is 11.4. The quantitative estimate of drug-likeness (QED) is 0.567. The van der Waals surface area contributed by atoms with Crippen molar-refractivity contribution in [2.45, 2.75) is 33.7 Å². The van der Waals surface area contributed by atoms with Gasteiger partial charge >= 0.3 is 0 Å². The second-order valence-electron chi connectivity index (χ2n) is 6.33. The Labute approximate surface area is 152 Å². The summed E-state index contributed by atoms with van der Waals surface area (Å²) in [7, 11) is 0. The molecule has 0 atom stereocenters. The lowest BCUT2D eigenvalue weighted by Gasteiger charge is -2.14. The monoisotopic (exact) mass is 350 g/mol. The van der Waals surface area contributed by atoms with Crippen LogP contribution >= 0.6 is 0 Å². The summed E-state index contributed by atoms with van der Waals surface area (Å²) in [5, 5.41) is 8.49. The zero-order valence-electron chi connectivity index (χ0n) is 15.3. The largest absolute Gasteiger partial charge is 0.303 e. The van der Waals surface area contributed by atoms with E-state index < -0.39 is 0 Å². The van der Waals surface area contributed by atoms with Crippen LogP contribution in [0.4, 0.5) is 0 Å². The van der Waals surface area contributed by atoms with E-state index in [-0.39, 0.29) is 11.9 Å². The number of aryl methyl sites for hydroxylation is 1. The Morgan fingerprint density at radius 2 is 2.08 bits per heavy atom. The van der Waals surface area contributed by atoms with Gasteiger partial charge < -0.3 is 4.57 Å². The van der Waals surface area contributed by atoms with E-state index in [4.69, 9.17) is 0 Å². The first-order valence-electron chi connectivity index (χ1n) is 8.45. The lowest BCUT2D eigenvalue weighted by atomic mass is 10.2. The summed E-state index contributed by atoms with van der Waals surface area (Å²) in [6.07, 6.45) is 6.58. The molecule has 0 aromatic carbocycles. The number of nitrogens with zero attached hydrogens (tertiary/aromatic N) is 5. The molecule has 0 spiro atoms. The maximum Gasteiger partial charge on any atom is 0.272 e. The van der Waals surface area contributed by atoms with E-state index in [2.05, 4.69) is 39.0 Å². The Morgan fingerprint density at radius 1 is 1.27 bits per heavy atom. The Morgan fingerprint density at radius 3 is 2.77 bits per heavy atom. The van der Waals surface area contributed by atoms with Crippen molar-refractivity contribution in [3.8, 4) is 5.82 Å². The highest BCUT2D eigenvalue weighted by molar-refractivity contribution is 5.94. The van der Waals surface area contributed by atoms with Crippen LogP contribution in [-0.4, -0.2) is 31.5 Å². The lowest BCUT2D eigenvalue weighted by Crippen LogP contribution is -2.17. The highest BCUT2D eigenvalue weighted by Gasteiger charge is 2.14. The summed E-state index contributed by atoms with van der Waals surface area (Å²) >= 11 is 0. The number of nitrogens with one attached hydrogen (secondary N) is 1. The minimum absolute atomic E-state index is 0.261. The van der Waals surface area contributed by atoms with Crippen molar-refractivity contribution in [2.24, 2.45) is 5.10 Å². The minimum Gasteiger partial charge on any atom is -0.303 e. The molecule has 1 N–H and O–H groups in total. The van der Waals surface area contributed by atoms with Crippen molar-refractivity contribution in [3.05, 3.63) is 65.4 Å². The fraction of sp³-hybridized carbons (Fsp3) is 0.263. The topological polar surface area (TPSA) is 77.1 Å². The molecular formula is C19H22N6O. The zero-order chi connectivity index (χ0) is 18.7. The van der Waals surface area contributed by atoms with Crippen molar-refractivity contribution in [2.75, 3.05) is 0 Å². The number of carbonyl (C=O) groups excluding carboxylic acids is 1. The van der Waals surface area contributed by atoms with Gasteiger partial charge in [-0.05, 0) is 45.9 Å². The molecule has 3 rings (SSSR count). The van der Waals surface area contributed by atoms with Crippen LogP contribution < -0.4 is 5.43 Å². The molecule has 7 heteroatoms. The molecule has 0 radical (unpaired) electrons. The van der Waals surface area contributed by atoms with Crippen molar-refractivity contribution >= 4 is 12.1 Å². The first kappa shape index (κ1) is 17.6. The van der Waals surface area contributed by atoms with E-state index >= 15 is 0 Å². The molecule has 0 fully saturated rings. The number of hydrogen-bond donors (Lipinski definition) is 1. The van der Waals surface area contributed by atoms with E-state index in [1.54, 1.807) is 30.7 Å². The molecule has 7 nitrogen and oxygen atoms in total. The van der Waals surface area contributed by atoms with Gasteiger partial charge in [0.15, 0.2) is 0 Å². The predicted molar refractivity (Wildman–Crippen MR) is 101 cm³/mol. The molecule has 134 valence electrons. The van der Waals surface area contributed by atoms with E-state index in [9.17, 15) is 4.79 Å². The van der Waals surface area contributed by atoms with E-state index in [1.165, 1.54) is 6.20 Å². The molecule has 0 aliphatic carbocycles. The second-order valence-corrected chi connectivity index (χ2v) is 6.33. The average molecular weight is 350 g/mol. The van der Waals surface area contributed by atoms with Crippen LogP contribution in [0.15, 0.2) is 48.0 Å². The summed E-state index contributed by atoms with van der Waals surface area (Å²) in [4.78, 5) is 15.9. The molecule has 0 saturated heterocycles. The zero-order valence-corrected chi connectivity index (χ0v) is 15.3. The summed E-state index contributed by atoms with van der Waals surface area (Å²) < 4.78 is 4.11. The van der Waals surface area contributed by atoms with Crippen molar-refractivity contribution in [3.63, 3.8) is 0 Å². The first-order chi connectivity index (χ1) is 12.5. The third-order valence-electron chi connectivity index (χ3n) is 4.13. The molecule has 3 aromatic rings.